The second kappa shape index (κ2) is 71.7. The van der Waals surface area contributed by atoms with Gasteiger partial charge in [0.25, 0.3) is 0 Å². The first-order chi connectivity index (χ1) is 47.9. The molecule has 3 N–H and O–H groups in total. The zero-order valence-corrected chi connectivity index (χ0v) is 66.6. The molecule has 0 rings (SSSR count). The average Bonchev–Trinajstić information content (AvgIpc) is 0.952. The molecular weight excluding hydrogens is 1290 g/mol. The standard InChI is InChI=1S/C80H156O17P2/c1-7-9-11-13-15-17-19-20-21-22-23-27-33-39-45-51-57-63-78(83)91-69-76(97-79(84)64-58-52-46-40-34-28-25-24-26-31-36-42-48-54-60-72(3)4)71-95-99(88,89)93-67-74(81)66-92-98(86,87)94-70-75(68-90-77(82)62-56-50-44-38-18-16-14-12-10-8-2)96-80(85)65-59-53-47-41-35-30-29-32-37-43-49-55-61-73(5)6/h72-76,81H,7-71H2,1-6H3,(H,86,87)(H,88,89)/t74-,75+,76+/m0/s1. The summed E-state index contributed by atoms with van der Waals surface area (Å²) in [5.74, 6) is -0.537. The first kappa shape index (κ1) is 97.1. The van der Waals surface area contributed by atoms with Crippen LogP contribution in [-0.2, 0) is 65.4 Å². The number of phosphoric ester groups is 2. The lowest BCUT2D eigenvalue weighted by Gasteiger charge is -2.21. The largest absolute Gasteiger partial charge is 0.472 e. The molecule has 0 spiro atoms. The Hall–Kier alpha value is -1.94. The zero-order valence-electron chi connectivity index (χ0n) is 64.8. The topological polar surface area (TPSA) is 237 Å². The van der Waals surface area contributed by atoms with Crippen LogP contribution in [0.4, 0.5) is 0 Å². The summed E-state index contributed by atoms with van der Waals surface area (Å²) in [5, 5.41) is 10.6. The van der Waals surface area contributed by atoms with Gasteiger partial charge in [-0.1, -0.05) is 369 Å². The molecule has 0 aliphatic rings. The van der Waals surface area contributed by atoms with Gasteiger partial charge >= 0.3 is 39.5 Å². The van der Waals surface area contributed by atoms with Crippen LogP contribution in [0.2, 0.25) is 0 Å². The Morgan fingerprint density at radius 2 is 0.465 bits per heavy atom. The summed E-state index contributed by atoms with van der Waals surface area (Å²) in [7, 11) is -9.92. The number of aliphatic hydroxyl groups is 1. The summed E-state index contributed by atoms with van der Waals surface area (Å²) < 4.78 is 68.7. The second-order valence-electron chi connectivity index (χ2n) is 29.8. The molecule has 2 unspecified atom stereocenters. The number of hydrogen-bond donors (Lipinski definition) is 3. The van der Waals surface area contributed by atoms with Crippen molar-refractivity contribution >= 4 is 39.5 Å². The zero-order chi connectivity index (χ0) is 72.8. The molecule has 0 aliphatic heterocycles. The van der Waals surface area contributed by atoms with Crippen LogP contribution in [0.5, 0.6) is 0 Å². The first-order valence-electron chi connectivity index (χ1n) is 41.5. The molecule has 0 fully saturated rings. The molecule has 17 nitrogen and oxygen atoms in total. The van der Waals surface area contributed by atoms with Gasteiger partial charge in [-0.2, -0.15) is 0 Å². The van der Waals surface area contributed by atoms with E-state index in [1.165, 1.54) is 238 Å². The van der Waals surface area contributed by atoms with E-state index in [0.717, 1.165) is 102 Å². The summed E-state index contributed by atoms with van der Waals surface area (Å²) in [6.07, 6.45) is 60.9. The van der Waals surface area contributed by atoms with Gasteiger partial charge in [-0.3, -0.25) is 37.3 Å². The van der Waals surface area contributed by atoms with Crippen molar-refractivity contribution in [3.05, 3.63) is 0 Å². The molecule has 99 heavy (non-hydrogen) atoms. The molecule has 0 aromatic carbocycles. The van der Waals surface area contributed by atoms with Crippen LogP contribution < -0.4 is 0 Å². The Kier molecular flexibility index (Phi) is 70.3. The smallest absolute Gasteiger partial charge is 0.462 e. The minimum absolute atomic E-state index is 0.107. The normalized spacial score (nSPS) is 13.9. The number of unbranched alkanes of at least 4 members (excludes halogenated alkanes) is 49. The second-order valence-corrected chi connectivity index (χ2v) is 32.7. The SMILES string of the molecule is CCCCCCCCCCCCCCCCCCCC(=O)OC[C@H](COP(=O)(O)OC[C@@H](O)COP(=O)(O)OC[C@@H](COC(=O)CCCCCCCCCCCC)OC(=O)CCCCCCCCCCCCCCC(C)C)OC(=O)CCCCCCCCCCCCCCCCC(C)C. The van der Waals surface area contributed by atoms with Crippen molar-refractivity contribution in [2.75, 3.05) is 39.6 Å². The number of carbonyl (C=O) groups is 4. The minimum atomic E-state index is -4.96. The third kappa shape index (κ3) is 74.1. The molecule has 0 heterocycles. The molecule has 0 bridgehead atoms. The highest BCUT2D eigenvalue weighted by Crippen LogP contribution is 2.45. The first-order valence-corrected chi connectivity index (χ1v) is 44.5. The van der Waals surface area contributed by atoms with E-state index in [-0.39, 0.29) is 25.7 Å². The number of aliphatic hydroxyl groups excluding tert-OH is 1. The van der Waals surface area contributed by atoms with Crippen molar-refractivity contribution in [1.82, 2.24) is 0 Å². The molecule has 0 saturated heterocycles. The van der Waals surface area contributed by atoms with E-state index in [4.69, 9.17) is 37.0 Å². The summed E-state index contributed by atoms with van der Waals surface area (Å²) in [4.78, 5) is 73.0. The van der Waals surface area contributed by atoms with Crippen LogP contribution in [0.25, 0.3) is 0 Å². The number of hydrogen-bond acceptors (Lipinski definition) is 15. The Morgan fingerprint density at radius 3 is 0.687 bits per heavy atom. The number of phosphoric acid groups is 2. The fourth-order valence-corrected chi connectivity index (χ4v) is 13.9. The quantitative estimate of drug-likeness (QED) is 0.0222. The predicted octanol–water partition coefficient (Wildman–Crippen LogP) is 23.9. The molecule has 0 radical (unpaired) electrons. The molecule has 0 amide bonds. The van der Waals surface area contributed by atoms with Gasteiger partial charge in [0.2, 0.25) is 0 Å². The van der Waals surface area contributed by atoms with Crippen LogP contribution in [0.3, 0.4) is 0 Å². The molecule has 0 aromatic heterocycles. The number of esters is 4. The fraction of sp³-hybridized carbons (Fsp3) is 0.950. The van der Waals surface area contributed by atoms with E-state index < -0.39 is 97.5 Å². The van der Waals surface area contributed by atoms with Gasteiger partial charge in [-0.05, 0) is 37.5 Å². The monoisotopic (exact) mass is 1450 g/mol. The van der Waals surface area contributed by atoms with E-state index in [9.17, 15) is 43.2 Å². The molecule has 19 heteroatoms. The lowest BCUT2D eigenvalue weighted by Crippen LogP contribution is -2.30. The third-order valence-corrected chi connectivity index (χ3v) is 20.6. The highest BCUT2D eigenvalue weighted by atomic mass is 31.2. The lowest BCUT2D eigenvalue weighted by atomic mass is 10.0. The summed E-state index contributed by atoms with van der Waals surface area (Å²) in [6, 6.07) is 0. The highest BCUT2D eigenvalue weighted by Gasteiger charge is 2.30. The highest BCUT2D eigenvalue weighted by molar-refractivity contribution is 7.47. The Labute approximate surface area is 607 Å². The van der Waals surface area contributed by atoms with Crippen LogP contribution in [0, 0.1) is 11.8 Å². The number of ether oxygens (including phenoxy) is 4. The van der Waals surface area contributed by atoms with Gasteiger partial charge in [0.15, 0.2) is 12.2 Å². The maximum absolute atomic E-state index is 13.1. The van der Waals surface area contributed by atoms with Crippen molar-refractivity contribution in [3.8, 4) is 0 Å². The molecular formula is C80H156O17P2. The molecule has 588 valence electrons. The number of rotatable bonds is 79. The lowest BCUT2D eigenvalue weighted by molar-refractivity contribution is -0.161. The van der Waals surface area contributed by atoms with Gasteiger partial charge in [0, 0.05) is 25.7 Å². The molecule has 5 atom stereocenters. The van der Waals surface area contributed by atoms with Gasteiger partial charge in [-0.15, -0.1) is 0 Å². The Balaban J connectivity index is 5.24. The van der Waals surface area contributed by atoms with Gasteiger partial charge in [-0.25, -0.2) is 9.13 Å². The van der Waals surface area contributed by atoms with Gasteiger partial charge < -0.3 is 33.8 Å². The maximum atomic E-state index is 13.1. The van der Waals surface area contributed by atoms with Crippen LogP contribution in [0.1, 0.15) is 420 Å². The molecule has 0 saturated carbocycles. The molecule has 0 aromatic rings. The van der Waals surface area contributed by atoms with Crippen molar-refractivity contribution < 1.29 is 80.2 Å². The van der Waals surface area contributed by atoms with E-state index in [1.54, 1.807) is 0 Å². The van der Waals surface area contributed by atoms with Crippen LogP contribution in [0.15, 0.2) is 0 Å². The summed E-state index contributed by atoms with van der Waals surface area (Å²) in [6.45, 7) is 9.66. The van der Waals surface area contributed by atoms with E-state index in [0.29, 0.717) is 25.7 Å². The summed E-state index contributed by atoms with van der Waals surface area (Å²) in [5.41, 5.74) is 0. The minimum Gasteiger partial charge on any atom is -0.462 e. The van der Waals surface area contributed by atoms with Gasteiger partial charge in [0.1, 0.15) is 19.3 Å². The van der Waals surface area contributed by atoms with Crippen molar-refractivity contribution in [2.24, 2.45) is 11.8 Å². The average molecular weight is 1450 g/mol. The van der Waals surface area contributed by atoms with Crippen LogP contribution >= 0.6 is 15.6 Å². The Bertz CT molecular complexity index is 1910. The number of carbonyl (C=O) groups excluding carboxylic acids is 4. The summed E-state index contributed by atoms with van der Waals surface area (Å²) >= 11 is 0. The molecule has 0 aliphatic carbocycles. The van der Waals surface area contributed by atoms with Crippen molar-refractivity contribution in [3.63, 3.8) is 0 Å². The van der Waals surface area contributed by atoms with Crippen molar-refractivity contribution in [1.29, 1.82) is 0 Å². The van der Waals surface area contributed by atoms with E-state index in [1.807, 2.05) is 0 Å². The Morgan fingerprint density at radius 1 is 0.273 bits per heavy atom. The third-order valence-electron chi connectivity index (χ3n) is 18.7. The van der Waals surface area contributed by atoms with Crippen LogP contribution in [-0.4, -0.2) is 96.7 Å². The predicted molar refractivity (Wildman–Crippen MR) is 405 cm³/mol. The van der Waals surface area contributed by atoms with Crippen molar-refractivity contribution in [2.45, 2.75) is 439 Å². The van der Waals surface area contributed by atoms with Gasteiger partial charge in [0.05, 0.1) is 26.4 Å². The maximum Gasteiger partial charge on any atom is 0.472 e. The van der Waals surface area contributed by atoms with E-state index >= 15 is 0 Å². The van der Waals surface area contributed by atoms with E-state index in [2.05, 4.69) is 41.5 Å². The fourth-order valence-electron chi connectivity index (χ4n) is 12.4.